The highest BCUT2D eigenvalue weighted by Gasteiger charge is 2.34. The van der Waals surface area contributed by atoms with E-state index in [1.54, 1.807) is 35.8 Å². The van der Waals surface area contributed by atoms with Crippen LogP contribution in [0.2, 0.25) is 0 Å². The Labute approximate surface area is 263 Å². The molecule has 6 rings (SSSR count). The molecular weight excluding hydrogens is 560 g/mol. The quantitative estimate of drug-likeness (QED) is 0.210. The summed E-state index contributed by atoms with van der Waals surface area (Å²) in [6.07, 6.45) is 12.8. The number of aryl methyl sites for hydroxylation is 1. The second kappa shape index (κ2) is 13.9. The normalized spacial score (nSPS) is 13.3. The number of amides is 2. The summed E-state index contributed by atoms with van der Waals surface area (Å²) in [7, 11) is 0. The van der Waals surface area contributed by atoms with Crippen molar-refractivity contribution in [2.75, 3.05) is 6.54 Å². The van der Waals surface area contributed by atoms with Gasteiger partial charge in [-0.2, -0.15) is 0 Å². The van der Waals surface area contributed by atoms with Crippen molar-refractivity contribution in [2.24, 2.45) is 0 Å². The highest BCUT2D eigenvalue weighted by Crippen LogP contribution is 2.24. The molecule has 0 bridgehead atoms. The van der Waals surface area contributed by atoms with E-state index < -0.39 is 6.04 Å². The molecule has 0 spiro atoms. The lowest BCUT2D eigenvalue weighted by Crippen LogP contribution is -2.52. The minimum Gasteiger partial charge on any atom is -0.336 e. The van der Waals surface area contributed by atoms with Crippen molar-refractivity contribution in [3.63, 3.8) is 0 Å². The van der Waals surface area contributed by atoms with Crippen molar-refractivity contribution in [3.05, 3.63) is 150 Å². The van der Waals surface area contributed by atoms with Gasteiger partial charge in [-0.15, -0.1) is 0 Å². The van der Waals surface area contributed by atoms with Crippen LogP contribution in [0.25, 0.3) is 17.2 Å². The summed E-state index contributed by atoms with van der Waals surface area (Å²) in [5.74, 6) is 0.330. The molecule has 224 valence electrons. The number of hydrogen-bond donors (Lipinski definition) is 0. The molecule has 8 heteroatoms. The van der Waals surface area contributed by atoms with Gasteiger partial charge >= 0.3 is 0 Å². The number of aromatic nitrogens is 4. The second-order valence-corrected chi connectivity index (χ2v) is 11.2. The third-order valence-corrected chi connectivity index (χ3v) is 8.08. The maximum atomic E-state index is 14.5. The number of nitrogens with zero attached hydrogens (tertiary/aromatic N) is 6. The molecule has 0 unspecified atom stereocenters. The van der Waals surface area contributed by atoms with E-state index in [-0.39, 0.29) is 18.4 Å². The van der Waals surface area contributed by atoms with Crippen LogP contribution in [0.15, 0.2) is 116 Å². The summed E-state index contributed by atoms with van der Waals surface area (Å²) in [5, 5.41) is 0. The molecule has 5 aromatic rings. The van der Waals surface area contributed by atoms with Crippen LogP contribution in [-0.2, 0) is 35.5 Å². The summed E-state index contributed by atoms with van der Waals surface area (Å²) in [5.41, 5.74) is 6.90. The van der Waals surface area contributed by atoms with Gasteiger partial charge in [0.2, 0.25) is 11.8 Å². The molecular formula is C37H34N6O2. The number of fused-ring (bicyclic) bond motifs is 1. The van der Waals surface area contributed by atoms with E-state index in [0.29, 0.717) is 30.9 Å². The van der Waals surface area contributed by atoms with E-state index in [2.05, 4.69) is 32.1 Å². The third-order valence-electron chi connectivity index (χ3n) is 8.08. The molecule has 1 atom stereocenters. The predicted octanol–water partition coefficient (Wildman–Crippen LogP) is 5.48. The first-order valence-corrected chi connectivity index (χ1v) is 15.0. The van der Waals surface area contributed by atoms with Crippen LogP contribution in [0.5, 0.6) is 0 Å². The van der Waals surface area contributed by atoms with Gasteiger partial charge in [-0.3, -0.25) is 9.59 Å². The van der Waals surface area contributed by atoms with E-state index in [1.165, 1.54) is 18.0 Å². The van der Waals surface area contributed by atoms with Crippen molar-refractivity contribution in [1.29, 1.82) is 0 Å². The van der Waals surface area contributed by atoms with Gasteiger partial charge in [0.25, 0.3) is 0 Å². The van der Waals surface area contributed by atoms with Crippen LogP contribution in [0.3, 0.4) is 0 Å². The SMILES string of the molecule is Cc1ncc(C=CC(=O)N(Cc2ccc(-c3cncnc3)cc2)[C@@H](Cc2ccccc2)C(=O)N2CCc3ccccc3C2)cn1. The molecule has 3 heterocycles. The first-order valence-electron chi connectivity index (χ1n) is 15.0. The molecule has 0 fully saturated rings. The fourth-order valence-corrected chi connectivity index (χ4v) is 5.60. The fraction of sp³-hybridized carbons (Fsp3) is 0.189. The lowest BCUT2D eigenvalue weighted by Gasteiger charge is -2.37. The van der Waals surface area contributed by atoms with Crippen LogP contribution in [0.4, 0.5) is 0 Å². The Morgan fingerprint density at radius 2 is 1.51 bits per heavy atom. The monoisotopic (exact) mass is 594 g/mol. The Morgan fingerprint density at radius 3 is 2.24 bits per heavy atom. The smallest absolute Gasteiger partial charge is 0.247 e. The summed E-state index contributed by atoms with van der Waals surface area (Å²) >= 11 is 0. The highest BCUT2D eigenvalue weighted by molar-refractivity contribution is 5.95. The van der Waals surface area contributed by atoms with Crippen molar-refractivity contribution >= 4 is 17.9 Å². The van der Waals surface area contributed by atoms with Gasteiger partial charge in [-0.25, -0.2) is 19.9 Å². The van der Waals surface area contributed by atoms with Gasteiger partial charge in [-0.1, -0.05) is 78.9 Å². The number of hydrogen-bond acceptors (Lipinski definition) is 6. The van der Waals surface area contributed by atoms with Crippen LogP contribution in [0.1, 0.15) is 33.6 Å². The van der Waals surface area contributed by atoms with Crippen molar-refractivity contribution in [3.8, 4) is 11.1 Å². The molecule has 8 nitrogen and oxygen atoms in total. The lowest BCUT2D eigenvalue weighted by atomic mass is 9.97. The van der Waals surface area contributed by atoms with Crippen molar-refractivity contribution in [2.45, 2.75) is 38.9 Å². The first-order chi connectivity index (χ1) is 22.0. The number of benzene rings is 3. The Hall–Kier alpha value is -5.50. The summed E-state index contributed by atoms with van der Waals surface area (Å²) in [6.45, 7) is 3.20. The molecule has 3 aromatic carbocycles. The van der Waals surface area contributed by atoms with Crippen LogP contribution in [0, 0.1) is 6.92 Å². The Bertz CT molecular complexity index is 1770. The van der Waals surface area contributed by atoms with E-state index in [9.17, 15) is 9.59 Å². The predicted molar refractivity (Wildman–Crippen MR) is 173 cm³/mol. The fourth-order valence-electron chi connectivity index (χ4n) is 5.60. The largest absolute Gasteiger partial charge is 0.336 e. The highest BCUT2D eigenvalue weighted by atomic mass is 16.2. The average Bonchev–Trinajstić information content (AvgIpc) is 3.10. The number of carbonyl (C=O) groups is 2. The molecule has 2 amide bonds. The molecule has 0 aliphatic carbocycles. The molecule has 2 aromatic heterocycles. The van der Waals surface area contributed by atoms with E-state index >= 15 is 0 Å². The molecule has 45 heavy (non-hydrogen) atoms. The zero-order valence-electron chi connectivity index (χ0n) is 25.2. The third kappa shape index (κ3) is 7.36. The number of carbonyl (C=O) groups excluding carboxylic acids is 2. The molecule has 0 N–H and O–H groups in total. The Morgan fingerprint density at radius 1 is 0.822 bits per heavy atom. The topological polar surface area (TPSA) is 92.2 Å². The van der Waals surface area contributed by atoms with E-state index in [4.69, 9.17) is 0 Å². The van der Waals surface area contributed by atoms with Gasteiger partial charge in [0.15, 0.2) is 0 Å². The maximum absolute atomic E-state index is 14.5. The summed E-state index contributed by atoms with van der Waals surface area (Å²) < 4.78 is 0. The maximum Gasteiger partial charge on any atom is 0.247 e. The lowest BCUT2D eigenvalue weighted by molar-refractivity contribution is -0.144. The first kappa shape index (κ1) is 29.6. The Balaban J connectivity index is 1.34. The molecule has 0 saturated carbocycles. The van der Waals surface area contributed by atoms with Crippen LogP contribution >= 0.6 is 0 Å². The van der Waals surface area contributed by atoms with E-state index in [1.807, 2.05) is 78.6 Å². The summed E-state index contributed by atoms with van der Waals surface area (Å²) in [4.78, 5) is 48.9. The van der Waals surface area contributed by atoms with Gasteiger partial charge in [0, 0.05) is 68.0 Å². The molecule has 0 radical (unpaired) electrons. The number of rotatable bonds is 9. The second-order valence-electron chi connectivity index (χ2n) is 11.2. The molecule has 1 aliphatic rings. The van der Waals surface area contributed by atoms with Gasteiger partial charge in [-0.05, 0) is 47.2 Å². The van der Waals surface area contributed by atoms with Crippen LogP contribution < -0.4 is 0 Å². The molecule has 0 saturated heterocycles. The van der Waals surface area contributed by atoms with Gasteiger partial charge < -0.3 is 9.80 Å². The standard InChI is InChI=1S/C37H34N6O2/c1-27-40-20-30(21-41-27)13-16-36(44)43(24-29-11-14-32(15-12-29)34-22-38-26-39-23-34)35(19-28-7-3-2-4-8-28)37(45)42-18-17-31-9-5-6-10-33(31)25-42/h2-16,20-23,26,35H,17-19,24-25H2,1H3/t35-/m0/s1. The van der Waals surface area contributed by atoms with Crippen LogP contribution in [-0.4, -0.2) is 54.1 Å². The minimum absolute atomic E-state index is 0.0631. The van der Waals surface area contributed by atoms with Gasteiger partial charge in [0.1, 0.15) is 18.2 Å². The van der Waals surface area contributed by atoms with E-state index in [0.717, 1.165) is 34.2 Å². The average molecular weight is 595 g/mol. The molecule has 1 aliphatic heterocycles. The zero-order valence-corrected chi connectivity index (χ0v) is 25.2. The summed E-state index contributed by atoms with van der Waals surface area (Å²) in [6, 6.07) is 25.4. The van der Waals surface area contributed by atoms with Gasteiger partial charge in [0.05, 0.1) is 0 Å². The minimum atomic E-state index is -0.716. The Kier molecular flexibility index (Phi) is 9.11. The zero-order chi connectivity index (χ0) is 31.0. The van der Waals surface area contributed by atoms with Crippen molar-refractivity contribution in [1.82, 2.24) is 29.7 Å². The van der Waals surface area contributed by atoms with Crippen molar-refractivity contribution < 1.29 is 9.59 Å².